The van der Waals surface area contributed by atoms with Gasteiger partial charge in [-0.05, 0) is 38.4 Å². The zero-order chi connectivity index (χ0) is 10.8. The highest BCUT2D eigenvalue weighted by Gasteiger charge is 2.30. The molecule has 0 amide bonds. The van der Waals surface area contributed by atoms with Crippen molar-refractivity contribution in [1.82, 2.24) is 10.3 Å². The molecule has 1 heterocycles. The van der Waals surface area contributed by atoms with E-state index in [1.165, 1.54) is 5.56 Å². The Hall–Kier alpha value is -0.890. The van der Waals surface area contributed by atoms with Crippen molar-refractivity contribution in [2.75, 3.05) is 7.05 Å². The summed E-state index contributed by atoms with van der Waals surface area (Å²) in [7, 11) is 1.99. The number of nitrogens with zero attached hydrogens (tertiary/aromatic N) is 1. The van der Waals surface area contributed by atoms with Gasteiger partial charge in [-0.2, -0.15) is 0 Å². The topological polar surface area (TPSA) is 24.9 Å². The van der Waals surface area contributed by atoms with Gasteiger partial charge in [-0.15, -0.1) is 0 Å². The summed E-state index contributed by atoms with van der Waals surface area (Å²) in [6.07, 6.45) is 1.86. The first-order valence-electron chi connectivity index (χ1n) is 5.13. The van der Waals surface area contributed by atoms with Crippen LogP contribution in [0.4, 0.5) is 0 Å². The molecule has 2 heteroatoms. The molecule has 0 saturated carbocycles. The van der Waals surface area contributed by atoms with Gasteiger partial charge in [0.15, 0.2) is 0 Å². The summed E-state index contributed by atoms with van der Waals surface area (Å²) < 4.78 is 0. The molecule has 1 rings (SSSR count). The molecule has 1 aromatic rings. The second kappa shape index (κ2) is 4.09. The van der Waals surface area contributed by atoms with Crippen LogP contribution in [0.2, 0.25) is 0 Å². The molecule has 1 unspecified atom stereocenters. The number of aryl methyl sites for hydroxylation is 1. The van der Waals surface area contributed by atoms with E-state index in [2.05, 4.69) is 44.1 Å². The van der Waals surface area contributed by atoms with E-state index in [4.69, 9.17) is 0 Å². The van der Waals surface area contributed by atoms with Crippen LogP contribution in [0.3, 0.4) is 0 Å². The number of pyridine rings is 1. The van der Waals surface area contributed by atoms with Crippen LogP contribution in [0.25, 0.3) is 0 Å². The van der Waals surface area contributed by atoms with Gasteiger partial charge in [-0.25, -0.2) is 0 Å². The van der Waals surface area contributed by atoms with Gasteiger partial charge in [0.25, 0.3) is 0 Å². The fraction of sp³-hybridized carbons (Fsp3) is 0.583. The summed E-state index contributed by atoms with van der Waals surface area (Å²) >= 11 is 0. The molecule has 1 aromatic heterocycles. The molecule has 14 heavy (non-hydrogen) atoms. The summed E-state index contributed by atoms with van der Waals surface area (Å²) in [4.78, 5) is 4.48. The van der Waals surface area contributed by atoms with Crippen LogP contribution in [0.15, 0.2) is 18.3 Å². The van der Waals surface area contributed by atoms with Crippen molar-refractivity contribution in [3.63, 3.8) is 0 Å². The van der Waals surface area contributed by atoms with Crippen molar-refractivity contribution in [3.8, 4) is 0 Å². The Bertz CT molecular complexity index is 307. The van der Waals surface area contributed by atoms with Gasteiger partial charge in [-0.3, -0.25) is 4.98 Å². The minimum Gasteiger partial charge on any atom is -0.309 e. The van der Waals surface area contributed by atoms with E-state index in [9.17, 15) is 0 Å². The zero-order valence-electron chi connectivity index (χ0n) is 9.76. The molecule has 0 saturated heterocycles. The van der Waals surface area contributed by atoms with Crippen molar-refractivity contribution in [2.45, 2.75) is 33.2 Å². The molecule has 0 fully saturated rings. The number of hydrogen-bond acceptors (Lipinski definition) is 2. The standard InChI is InChI=1S/C12H20N2/c1-9(2)12(4,13-5)11-10(3)7-6-8-14-11/h6-9,13H,1-5H3. The van der Waals surface area contributed by atoms with Crippen LogP contribution in [-0.2, 0) is 5.54 Å². The van der Waals surface area contributed by atoms with E-state index in [-0.39, 0.29) is 5.54 Å². The summed E-state index contributed by atoms with van der Waals surface area (Å²) in [5, 5.41) is 3.37. The Kier molecular flexibility index (Phi) is 3.27. The third kappa shape index (κ3) is 1.80. The molecule has 1 N–H and O–H groups in total. The van der Waals surface area contributed by atoms with Crippen LogP contribution >= 0.6 is 0 Å². The van der Waals surface area contributed by atoms with Crippen molar-refractivity contribution in [3.05, 3.63) is 29.6 Å². The molecule has 0 aliphatic rings. The maximum Gasteiger partial charge on any atom is 0.0633 e. The van der Waals surface area contributed by atoms with Crippen molar-refractivity contribution in [1.29, 1.82) is 0 Å². The largest absolute Gasteiger partial charge is 0.309 e. The van der Waals surface area contributed by atoms with Crippen LogP contribution in [-0.4, -0.2) is 12.0 Å². The molecule has 0 bridgehead atoms. The summed E-state index contributed by atoms with van der Waals surface area (Å²) in [6, 6.07) is 4.09. The van der Waals surface area contributed by atoms with Crippen molar-refractivity contribution in [2.24, 2.45) is 5.92 Å². The second-order valence-corrected chi connectivity index (χ2v) is 4.28. The lowest BCUT2D eigenvalue weighted by Crippen LogP contribution is -2.43. The average Bonchev–Trinajstić information content (AvgIpc) is 2.17. The third-order valence-corrected chi connectivity index (χ3v) is 3.18. The van der Waals surface area contributed by atoms with Gasteiger partial charge < -0.3 is 5.32 Å². The first kappa shape index (κ1) is 11.2. The molecule has 0 aliphatic heterocycles. The van der Waals surface area contributed by atoms with Gasteiger partial charge >= 0.3 is 0 Å². The van der Waals surface area contributed by atoms with E-state index >= 15 is 0 Å². The number of hydrogen-bond donors (Lipinski definition) is 1. The minimum atomic E-state index is -0.0364. The van der Waals surface area contributed by atoms with E-state index in [1.807, 2.05) is 19.3 Å². The summed E-state index contributed by atoms with van der Waals surface area (Å²) in [5.74, 6) is 0.515. The predicted molar refractivity (Wildman–Crippen MR) is 60.2 cm³/mol. The lowest BCUT2D eigenvalue weighted by molar-refractivity contribution is 0.277. The number of nitrogens with one attached hydrogen (secondary N) is 1. The lowest BCUT2D eigenvalue weighted by atomic mass is 9.83. The van der Waals surface area contributed by atoms with Crippen molar-refractivity contribution >= 4 is 0 Å². The Balaban J connectivity index is 3.19. The van der Waals surface area contributed by atoms with Gasteiger partial charge in [0, 0.05) is 6.20 Å². The molecular formula is C12H20N2. The fourth-order valence-electron chi connectivity index (χ4n) is 1.71. The monoisotopic (exact) mass is 192 g/mol. The quantitative estimate of drug-likeness (QED) is 0.796. The van der Waals surface area contributed by atoms with E-state index in [1.54, 1.807) is 0 Å². The van der Waals surface area contributed by atoms with Gasteiger partial charge in [0.2, 0.25) is 0 Å². The smallest absolute Gasteiger partial charge is 0.0633 e. The van der Waals surface area contributed by atoms with Gasteiger partial charge in [-0.1, -0.05) is 19.9 Å². The van der Waals surface area contributed by atoms with Crippen LogP contribution in [0.1, 0.15) is 32.0 Å². The molecule has 1 atom stereocenters. The SMILES string of the molecule is CNC(C)(c1ncccc1C)C(C)C. The van der Waals surface area contributed by atoms with Crippen molar-refractivity contribution < 1.29 is 0 Å². The molecule has 0 spiro atoms. The lowest BCUT2D eigenvalue weighted by Gasteiger charge is -2.34. The normalized spacial score (nSPS) is 15.6. The highest BCUT2D eigenvalue weighted by Crippen LogP contribution is 2.28. The predicted octanol–water partition coefficient (Wildman–Crippen LogP) is 2.48. The second-order valence-electron chi connectivity index (χ2n) is 4.28. The molecule has 78 valence electrons. The van der Waals surface area contributed by atoms with Gasteiger partial charge in [0.05, 0.1) is 11.2 Å². The maximum absolute atomic E-state index is 4.48. The number of rotatable bonds is 3. The zero-order valence-corrected chi connectivity index (χ0v) is 9.76. The Morgan fingerprint density at radius 3 is 2.50 bits per heavy atom. The summed E-state index contributed by atoms with van der Waals surface area (Å²) in [5.41, 5.74) is 2.36. The van der Waals surface area contributed by atoms with Crippen LogP contribution < -0.4 is 5.32 Å². The third-order valence-electron chi connectivity index (χ3n) is 3.18. The molecule has 2 nitrogen and oxygen atoms in total. The van der Waals surface area contributed by atoms with Crippen LogP contribution in [0.5, 0.6) is 0 Å². The Morgan fingerprint density at radius 2 is 2.07 bits per heavy atom. The molecular weight excluding hydrogens is 172 g/mol. The summed E-state index contributed by atoms with van der Waals surface area (Å²) in [6.45, 7) is 8.74. The molecule has 0 aromatic carbocycles. The first-order valence-corrected chi connectivity index (χ1v) is 5.13. The van der Waals surface area contributed by atoms with E-state index < -0.39 is 0 Å². The molecule has 0 radical (unpaired) electrons. The van der Waals surface area contributed by atoms with Crippen LogP contribution in [0, 0.1) is 12.8 Å². The minimum absolute atomic E-state index is 0.0364. The Labute approximate surface area is 86.8 Å². The van der Waals surface area contributed by atoms with E-state index in [0.717, 1.165) is 5.69 Å². The Morgan fingerprint density at radius 1 is 1.43 bits per heavy atom. The maximum atomic E-state index is 4.48. The fourth-order valence-corrected chi connectivity index (χ4v) is 1.71. The molecule has 0 aliphatic carbocycles. The number of aromatic nitrogens is 1. The first-order chi connectivity index (χ1) is 6.52. The average molecular weight is 192 g/mol. The highest BCUT2D eigenvalue weighted by atomic mass is 15.0. The van der Waals surface area contributed by atoms with E-state index in [0.29, 0.717) is 5.92 Å². The highest BCUT2D eigenvalue weighted by molar-refractivity contribution is 5.25. The van der Waals surface area contributed by atoms with Gasteiger partial charge in [0.1, 0.15) is 0 Å².